The molecule has 1 aromatic rings. The first-order valence-electron chi connectivity index (χ1n) is 3.67. The van der Waals surface area contributed by atoms with Crippen LogP contribution < -0.4 is 5.73 Å². The summed E-state index contributed by atoms with van der Waals surface area (Å²) >= 11 is 0. The molecule has 6 N–H and O–H groups in total. The maximum atomic E-state index is 9.08. The van der Waals surface area contributed by atoms with Crippen molar-refractivity contribution < 1.29 is 20.4 Å². The van der Waals surface area contributed by atoms with Gasteiger partial charge in [0.05, 0.1) is 12.6 Å². The highest BCUT2D eigenvalue weighted by atomic mass is 16.3. The highest BCUT2D eigenvalue weighted by Gasteiger charge is 2.11. The van der Waals surface area contributed by atoms with Crippen LogP contribution in [0.5, 0.6) is 17.2 Å². The summed E-state index contributed by atoms with van der Waals surface area (Å²) in [7, 11) is 0. The average Bonchev–Trinajstić information content (AvgIpc) is 2.12. The first kappa shape index (κ1) is 9.63. The molecule has 1 rings (SSSR count). The Bertz CT molecular complexity index is 290. The summed E-state index contributed by atoms with van der Waals surface area (Å²) in [5, 5.41) is 35.8. The Morgan fingerprint density at radius 1 is 1.15 bits per heavy atom. The molecular formula is C8H11NO4. The summed E-state index contributed by atoms with van der Waals surface area (Å²) in [5.74, 6) is -1.51. The average molecular weight is 185 g/mol. The topological polar surface area (TPSA) is 107 Å². The number of benzene rings is 1. The lowest BCUT2D eigenvalue weighted by molar-refractivity contribution is 0.267. The highest BCUT2D eigenvalue weighted by Crippen LogP contribution is 2.36. The van der Waals surface area contributed by atoms with E-state index in [4.69, 9.17) is 26.2 Å². The largest absolute Gasteiger partial charge is 0.504 e. The van der Waals surface area contributed by atoms with Crippen LogP contribution >= 0.6 is 0 Å². The summed E-state index contributed by atoms with van der Waals surface area (Å²) in [6, 6.07) is 1.70. The Hall–Kier alpha value is -1.46. The maximum Gasteiger partial charge on any atom is 0.200 e. The lowest BCUT2D eigenvalue weighted by Gasteiger charge is -2.10. The number of aromatic hydroxyl groups is 3. The van der Waals surface area contributed by atoms with Gasteiger partial charge in [-0.05, 0) is 17.7 Å². The number of aliphatic hydroxyl groups is 1. The molecule has 1 aromatic carbocycles. The molecule has 0 heterocycles. The molecule has 0 fully saturated rings. The molecule has 0 aliphatic rings. The molecule has 0 aliphatic heterocycles. The second-order valence-corrected chi connectivity index (χ2v) is 2.70. The molecule has 72 valence electrons. The lowest BCUT2D eigenvalue weighted by Crippen LogP contribution is -2.14. The van der Waals surface area contributed by atoms with Gasteiger partial charge >= 0.3 is 0 Å². The third kappa shape index (κ3) is 1.82. The molecule has 0 aliphatic carbocycles. The van der Waals surface area contributed by atoms with Crippen molar-refractivity contribution in [2.75, 3.05) is 6.61 Å². The molecule has 5 heteroatoms. The molecule has 1 atom stereocenters. The van der Waals surface area contributed by atoms with E-state index in [1.165, 1.54) is 12.1 Å². The molecule has 5 nitrogen and oxygen atoms in total. The minimum Gasteiger partial charge on any atom is -0.504 e. The number of hydrogen-bond acceptors (Lipinski definition) is 5. The van der Waals surface area contributed by atoms with Gasteiger partial charge in [0.25, 0.3) is 0 Å². The minimum atomic E-state index is -0.683. The molecule has 0 amide bonds. The lowest BCUT2D eigenvalue weighted by atomic mass is 10.1. The fourth-order valence-corrected chi connectivity index (χ4v) is 0.945. The first-order valence-corrected chi connectivity index (χ1v) is 3.67. The van der Waals surface area contributed by atoms with Crippen LogP contribution in [-0.2, 0) is 0 Å². The van der Waals surface area contributed by atoms with E-state index in [0.717, 1.165) is 0 Å². The molecule has 0 saturated carbocycles. The Balaban J connectivity index is 3.13. The molecule has 0 unspecified atom stereocenters. The number of nitrogens with two attached hydrogens (primary N) is 1. The van der Waals surface area contributed by atoms with Crippen molar-refractivity contribution >= 4 is 0 Å². The summed E-state index contributed by atoms with van der Waals surface area (Å²) in [4.78, 5) is 0. The van der Waals surface area contributed by atoms with Gasteiger partial charge in [-0.25, -0.2) is 0 Å². The predicted molar refractivity (Wildman–Crippen MR) is 45.5 cm³/mol. The van der Waals surface area contributed by atoms with Crippen LogP contribution in [-0.4, -0.2) is 27.0 Å². The van der Waals surface area contributed by atoms with E-state index in [1.54, 1.807) is 0 Å². The van der Waals surface area contributed by atoms with Gasteiger partial charge in [0.1, 0.15) is 0 Å². The Labute approximate surface area is 74.7 Å². The minimum absolute atomic E-state index is 0.302. The van der Waals surface area contributed by atoms with E-state index in [2.05, 4.69) is 0 Å². The van der Waals surface area contributed by atoms with Crippen LogP contribution in [0.15, 0.2) is 12.1 Å². The van der Waals surface area contributed by atoms with Crippen LogP contribution in [0.25, 0.3) is 0 Å². The van der Waals surface area contributed by atoms with E-state index in [0.29, 0.717) is 5.56 Å². The van der Waals surface area contributed by atoms with E-state index in [9.17, 15) is 0 Å². The summed E-state index contributed by atoms with van der Waals surface area (Å²) in [6.07, 6.45) is 0. The number of phenolic OH excluding ortho intramolecular Hbond substituents is 3. The fourth-order valence-electron chi connectivity index (χ4n) is 0.945. The quantitative estimate of drug-likeness (QED) is 0.410. The van der Waals surface area contributed by atoms with Crippen molar-refractivity contribution in [3.63, 3.8) is 0 Å². The molecule has 0 saturated heterocycles. The van der Waals surface area contributed by atoms with Gasteiger partial charge in [0.15, 0.2) is 17.2 Å². The first-order chi connectivity index (χ1) is 6.06. The molecular weight excluding hydrogens is 174 g/mol. The SMILES string of the molecule is N[C@@H](CO)c1cc(O)c(O)c(O)c1. The normalized spacial score (nSPS) is 12.8. The fraction of sp³-hybridized carbons (Fsp3) is 0.250. The number of rotatable bonds is 2. The zero-order chi connectivity index (χ0) is 10.0. The van der Waals surface area contributed by atoms with Crippen molar-refractivity contribution in [2.45, 2.75) is 6.04 Å². The van der Waals surface area contributed by atoms with Crippen molar-refractivity contribution in [1.29, 1.82) is 0 Å². The van der Waals surface area contributed by atoms with E-state index >= 15 is 0 Å². The van der Waals surface area contributed by atoms with E-state index < -0.39 is 23.3 Å². The second kappa shape index (κ2) is 3.51. The zero-order valence-electron chi connectivity index (χ0n) is 6.81. The van der Waals surface area contributed by atoms with Gasteiger partial charge in [-0.3, -0.25) is 0 Å². The second-order valence-electron chi connectivity index (χ2n) is 2.70. The molecule has 0 radical (unpaired) electrons. The van der Waals surface area contributed by atoms with Crippen molar-refractivity contribution in [3.05, 3.63) is 17.7 Å². The van der Waals surface area contributed by atoms with Crippen LogP contribution in [0.3, 0.4) is 0 Å². The van der Waals surface area contributed by atoms with E-state index in [-0.39, 0.29) is 6.61 Å². The van der Waals surface area contributed by atoms with Crippen LogP contribution in [0.4, 0.5) is 0 Å². The van der Waals surface area contributed by atoms with Crippen LogP contribution in [0.1, 0.15) is 11.6 Å². The Morgan fingerprint density at radius 3 is 2.00 bits per heavy atom. The van der Waals surface area contributed by atoms with Crippen molar-refractivity contribution in [2.24, 2.45) is 5.73 Å². The third-order valence-electron chi connectivity index (χ3n) is 1.72. The van der Waals surface area contributed by atoms with Crippen molar-refractivity contribution in [1.82, 2.24) is 0 Å². The van der Waals surface area contributed by atoms with Gasteiger partial charge in [0.2, 0.25) is 0 Å². The van der Waals surface area contributed by atoms with Gasteiger partial charge in [-0.1, -0.05) is 0 Å². The monoisotopic (exact) mass is 185 g/mol. The Morgan fingerprint density at radius 2 is 1.62 bits per heavy atom. The van der Waals surface area contributed by atoms with Gasteiger partial charge in [-0.2, -0.15) is 0 Å². The van der Waals surface area contributed by atoms with E-state index in [1.807, 2.05) is 0 Å². The number of phenols is 3. The number of hydrogen-bond donors (Lipinski definition) is 5. The maximum absolute atomic E-state index is 9.08. The molecule has 13 heavy (non-hydrogen) atoms. The smallest absolute Gasteiger partial charge is 0.200 e. The third-order valence-corrected chi connectivity index (χ3v) is 1.72. The van der Waals surface area contributed by atoms with Gasteiger partial charge in [-0.15, -0.1) is 0 Å². The standard InChI is InChI=1S/C8H11NO4/c9-5(3-10)4-1-6(11)8(13)7(12)2-4/h1-2,5,10-13H,3,9H2/t5-/m0/s1. The van der Waals surface area contributed by atoms with Gasteiger partial charge in [0, 0.05) is 0 Å². The molecule has 0 aromatic heterocycles. The van der Waals surface area contributed by atoms with Crippen molar-refractivity contribution in [3.8, 4) is 17.2 Å². The summed E-state index contributed by atoms with van der Waals surface area (Å²) in [6.45, 7) is -0.302. The van der Waals surface area contributed by atoms with Gasteiger partial charge < -0.3 is 26.2 Å². The zero-order valence-corrected chi connectivity index (χ0v) is 6.81. The molecule has 0 spiro atoms. The summed E-state index contributed by atoms with van der Waals surface area (Å²) < 4.78 is 0. The molecule has 0 bridgehead atoms. The van der Waals surface area contributed by atoms with Crippen LogP contribution in [0.2, 0.25) is 0 Å². The number of aliphatic hydroxyl groups excluding tert-OH is 1. The highest BCUT2D eigenvalue weighted by molar-refractivity contribution is 5.51. The summed E-state index contributed by atoms with van der Waals surface area (Å²) in [5.41, 5.74) is 5.79. The predicted octanol–water partition coefficient (Wildman–Crippen LogP) is -0.205. The Kier molecular flexibility index (Phi) is 2.60. The van der Waals surface area contributed by atoms with Crippen LogP contribution in [0, 0.1) is 0 Å².